The Kier molecular flexibility index (Phi) is 3.56. The third kappa shape index (κ3) is 2.96. The van der Waals surface area contributed by atoms with Gasteiger partial charge < -0.3 is 10.2 Å². The summed E-state index contributed by atoms with van der Waals surface area (Å²) in [5.41, 5.74) is 0. The SMILES string of the molecule is CC1CC(NCC2CCS(=O)(=O)C2)CN1C. The summed E-state index contributed by atoms with van der Waals surface area (Å²) in [5, 5.41) is 3.52. The normalized spacial score (nSPS) is 39.2. The summed E-state index contributed by atoms with van der Waals surface area (Å²) in [5.74, 6) is 1.12. The predicted molar refractivity (Wildman–Crippen MR) is 65.3 cm³/mol. The van der Waals surface area contributed by atoms with Crippen molar-refractivity contribution in [3.8, 4) is 0 Å². The van der Waals surface area contributed by atoms with Crippen LogP contribution in [0.15, 0.2) is 0 Å². The van der Waals surface area contributed by atoms with E-state index in [1.54, 1.807) is 0 Å². The highest BCUT2D eigenvalue weighted by Gasteiger charge is 2.30. The fourth-order valence-electron chi connectivity index (χ4n) is 2.71. The maximum Gasteiger partial charge on any atom is 0.150 e. The van der Waals surface area contributed by atoms with E-state index in [2.05, 4.69) is 24.2 Å². The van der Waals surface area contributed by atoms with E-state index >= 15 is 0 Å². The second-order valence-corrected chi connectivity index (χ2v) is 7.63. The van der Waals surface area contributed by atoms with Crippen molar-refractivity contribution in [2.24, 2.45) is 5.92 Å². The summed E-state index contributed by atoms with van der Waals surface area (Å²) in [6.45, 7) is 4.19. The molecule has 0 bridgehead atoms. The van der Waals surface area contributed by atoms with Crippen molar-refractivity contribution < 1.29 is 8.42 Å². The molecule has 2 fully saturated rings. The molecule has 2 aliphatic rings. The topological polar surface area (TPSA) is 49.4 Å². The lowest BCUT2D eigenvalue weighted by Gasteiger charge is -2.15. The number of hydrogen-bond donors (Lipinski definition) is 1. The van der Waals surface area contributed by atoms with Crippen LogP contribution in [0.5, 0.6) is 0 Å². The molecule has 2 heterocycles. The molecule has 2 rings (SSSR count). The van der Waals surface area contributed by atoms with Gasteiger partial charge in [-0.1, -0.05) is 0 Å². The monoisotopic (exact) mass is 246 g/mol. The highest BCUT2D eigenvalue weighted by molar-refractivity contribution is 7.91. The van der Waals surface area contributed by atoms with E-state index in [4.69, 9.17) is 0 Å². The third-order valence-corrected chi connectivity index (χ3v) is 5.75. The highest BCUT2D eigenvalue weighted by atomic mass is 32.2. The zero-order valence-corrected chi connectivity index (χ0v) is 11.0. The van der Waals surface area contributed by atoms with Gasteiger partial charge in [0.25, 0.3) is 0 Å². The molecule has 0 amide bonds. The zero-order valence-electron chi connectivity index (χ0n) is 10.1. The van der Waals surface area contributed by atoms with Gasteiger partial charge in [-0.05, 0) is 39.3 Å². The van der Waals surface area contributed by atoms with Gasteiger partial charge in [-0.15, -0.1) is 0 Å². The van der Waals surface area contributed by atoms with Crippen LogP contribution in [0, 0.1) is 5.92 Å². The summed E-state index contributed by atoms with van der Waals surface area (Å²) >= 11 is 0. The Balaban J connectivity index is 1.73. The molecule has 0 spiro atoms. The van der Waals surface area contributed by atoms with E-state index in [1.807, 2.05) is 0 Å². The van der Waals surface area contributed by atoms with Crippen molar-refractivity contribution in [1.29, 1.82) is 0 Å². The van der Waals surface area contributed by atoms with Crippen LogP contribution in [0.3, 0.4) is 0 Å². The molecule has 2 aliphatic heterocycles. The van der Waals surface area contributed by atoms with Crippen LogP contribution >= 0.6 is 0 Å². The van der Waals surface area contributed by atoms with E-state index in [1.165, 1.54) is 6.42 Å². The number of likely N-dealkylation sites (N-methyl/N-ethyl adjacent to an activating group) is 1. The molecule has 94 valence electrons. The van der Waals surface area contributed by atoms with E-state index in [9.17, 15) is 8.42 Å². The molecular weight excluding hydrogens is 224 g/mol. The molecule has 16 heavy (non-hydrogen) atoms. The first-order valence-corrected chi connectivity index (χ1v) is 7.92. The Morgan fingerprint density at radius 3 is 2.69 bits per heavy atom. The van der Waals surface area contributed by atoms with E-state index in [-0.39, 0.29) is 0 Å². The molecule has 0 radical (unpaired) electrons. The van der Waals surface area contributed by atoms with Crippen LogP contribution in [0.2, 0.25) is 0 Å². The van der Waals surface area contributed by atoms with E-state index < -0.39 is 9.84 Å². The molecule has 0 aromatic carbocycles. The first-order chi connectivity index (χ1) is 7.46. The molecule has 0 saturated carbocycles. The number of sulfone groups is 1. The number of nitrogens with zero attached hydrogens (tertiary/aromatic N) is 1. The maximum absolute atomic E-state index is 11.3. The molecule has 0 aromatic rings. The van der Waals surface area contributed by atoms with Gasteiger partial charge >= 0.3 is 0 Å². The van der Waals surface area contributed by atoms with Crippen molar-refractivity contribution in [3.05, 3.63) is 0 Å². The van der Waals surface area contributed by atoms with Gasteiger partial charge in [0.2, 0.25) is 0 Å². The number of hydrogen-bond acceptors (Lipinski definition) is 4. The fourth-order valence-corrected chi connectivity index (χ4v) is 4.57. The van der Waals surface area contributed by atoms with Gasteiger partial charge in [0.05, 0.1) is 11.5 Å². The standard InChI is InChI=1S/C11H22N2O2S/c1-9-5-11(7-13(9)2)12-6-10-3-4-16(14,15)8-10/h9-12H,3-8H2,1-2H3. The number of nitrogens with one attached hydrogen (secondary N) is 1. The number of rotatable bonds is 3. The van der Waals surface area contributed by atoms with Crippen LogP contribution in [-0.4, -0.2) is 57.0 Å². The third-order valence-electron chi connectivity index (χ3n) is 3.91. The molecule has 4 nitrogen and oxygen atoms in total. The average Bonchev–Trinajstić information content (AvgIpc) is 2.68. The summed E-state index contributed by atoms with van der Waals surface area (Å²) in [7, 11) is -0.568. The Bertz CT molecular complexity index is 332. The Morgan fingerprint density at radius 1 is 1.44 bits per heavy atom. The predicted octanol–water partition coefficient (Wildman–Crippen LogP) is 0.103. The largest absolute Gasteiger partial charge is 0.312 e. The Hall–Kier alpha value is -0.130. The molecule has 0 aromatic heterocycles. The van der Waals surface area contributed by atoms with Gasteiger partial charge in [0.15, 0.2) is 9.84 Å². The second kappa shape index (κ2) is 4.63. The van der Waals surface area contributed by atoms with Crippen molar-refractivity contribution in [2.45, 2.75) is 31.8 Å². The van der Waals surface area contributed by atoms with Gasteiger partial charge in [0, 0.05) is 18.6 Å². The summed E-state index contributed by atoms with van der Waals surface area (Å²) in [4.78, 5) is 2.35. The highest BCUT2D eigenvalue weighted by Crippen LogP contribution is 2.19. The van der Waals surface area contributed by atoms with Gasteiger partial charge in [-0.25, -0.2) is 8.42 Å². The Labute approximate surface area is 98.3 Å². The molecule has 1 N–H and O–H groups in total. The molecule has 2 saturated heterocycles. The first-order valence-electron chi connectivity index (χ1n) is 6.10. The van der Waals surface area contributed by atoms with Gasteiger partial charge in [0.1, 0.15) is 0 Å². The lowest BCUT2D eigenvalue weighted by atomic mass is 10.1. The lowest BCUT2D eigenvalue weighted by Crippen LogP contribution is -2.35. The van der Waals surface area contributed by atoms with Crippen LogP contribution < -0.4 is 5.32 Å². The zero-order chi connectivity index (χ0) is 11.8. The second-order valence-electron chi connectivity index (χ2n) is 5.40. The van der Waals surface area contributed by atoms with Crippen molar-refractivity contribution in [2.75, 3.05) is 31.6 Å². The minimum atomic E-state index is -2.71. The summed E-state index contributed by atoms with van der Waals surface area (Å²) in [6, 6.07) is 1.19. The van der Waals surface area contributed by atoms with Gasteiger partial charge in [-0.2, -0.15) is 0 Å². The number of likely N-dealkylation sites (tertiary alicyclic amines) is 1. The lowest BCUT2D eigenvalue weighted by molar-refractivity contribution is 0.325. The van der Waals surface area contributed by atoms with Crippen LogP contribution in [0.25, 0.3) is 0 Å². The molecule has 5 heteroatoms. The van der Waals surface area contributed by atoms with Gasteiger partial charge in [-0.3, -0.25) is 0 Å². The maximum atomic E-state index is 11.3. The average molecular weight is 246 g/mol. The quantitative estimate of drug-likeness (QED) is 0.767. The summed E-state index contributed by atoms with van der Waals surface area (Å²) in [6.07, 6.45) is 2.02. The van der Waals surface area contributed by atoms with Crippen molar-refractivity contribution >= 4 is 9.84 Å². The van der Waals surface area contributed by atoms with E-state index in [0.717, 1.165) is 19.5 Å². The molecule has 0 aliphatic carbocycles. The van der Waals surface area contributed by atoms with Crippen LogP contribution in [0.1, 0.15) is 19.8 Å². The smallest absolute Gasteiger partial charge is 0.150 e. The Morgan fingerprint density at radius 2 is 2.19 bits per heavy atom. The van der Waals surface area contributed by atoms with E-state index in [0.29, 0.717) is 29.5 Å². The molecule has 3 atom stereocenters. The molecule has 3 unspecified atom stereocenters. The van der Waals surface area contributed by atoms with Crippen molar-refractivity contribution in [1.82, 2.24) is 10.2 Å². The first kappa shape index (κ1) is 12.3. The van der Waals surface area contributed by atoms with Crippen LogP contribution in [0.4, 0.5) is 0 Å². The summed E-state index contributed by atoms with van der Waals surface area (Å²) < 4.78 is 22.6. The van der Waals surface area contributed by atoms with Crippen LogP contribution in [-0.2, 0) is 9.84 Å². The minimum Gasteiger partial charge on any atom is -0.312 e. The van der Waals surface area contributed by atoms with Crippen molar-refractivity contribution in [3.63, 3.8) is 0 Å². The minimum absolute atomic E-state index is 0.339. The molecular formula is C11H22N2O2S. The fraction of sp³-hybridized carbons (Fsp3) is 1.00.